The number of aryl methyl sites for hydroxylation is 1. The van der Waals surface area contributed by atoms with Crippen molar-refractivity contribution in [2.75, 3.05) is 20.1 Å². The molecular formula is C12H18N2OS. The third-order valence-electron chi connectivity index (χ3n) is 3.13. The number of thiophene rings is 1. The van der Waals surface area contributed by atoms with Gasteiger partial charge in [-0.25, -0.2) is 0 Å². The molecule has 1 N–H and O–H groups in total. The Labute approximate surface area is 100 Å². The van der Waals surface area contributed by atoms with Gasteiger partial charge < -0.3 is 10.2 Å². The predicted molar refractivity (Wildman–Crippen MR) is 67.0 cm³/mol. The first-order valence-electron chi connectivity index (χ1n) is 5.73. The van der Waals surface area contributed by atoms with Gasteiger partial charge in [0, 0.05) is 19.1 Å². The van der Waals surface area contributed by atoms with Crippen molar-refractivity contribution < 1.29 is 4.79 Å². The summed E-state index contributed by atoms with van der Waals surface area (Å²) in [7, 11) is 1.94. The number of hydrogen-bond acceptors (Lipinski definition) is 3. The molecule has 0 aliphatic carbocycles. The summed E-state index contributed by atoms with van der Waals surface area (Å²) < 4.78 is 0. The standard InChI is InChI=1S/C12H18N2OS/c1-9-5-7-16-11(9)12(15)14-6-3-4-10(14)8-13-2/h5,7,10,13H,3-4,6,8H2,1-2H3. The minimum atomic E-state index is 0.213. The zero-order valence-electron chi connectivity index (χ0n) is 9.82. The molecule has 2 heterocycles. The summed E-state index contributed by atoms with van der Waals surface area (Å²) in [6.07, 6.45) is 2.25. The first-order valence-corrected chi connectivity index (χ1v) is 6.61. The number of likely N-dealkylation sites (tertiary alicyclic amines) is 1. The molecule has 1 saturated heterocycles. The molecule has 1 aromatic heterocycles. The molecule has 1 aliphatic rings. The maximum atomic E-state index is 12.3. The number of hydrogen-bond donors (Lipinski definition) is 1. The quantitative estimate of drug-likeness (QED) is 0.872. The molecule has 1 aromatic rings. The van der Waals surface area contributed by atoms with Gasteiger partial charge in [-0.2, -0.15) is 0 Å². The van der Waals surface area contributed by atoms with Gasteiger partial charge in [-0.3, -0.25) is 4.79 Å². The van der Waals surface area contributed by atoms with E-state index in [-0.39, 0.29) is 5.91 Å². The van der Waals surface area contributed by atoms with Gasteiger partial charge in [0.2, 0.25) is 0 Å². The number of carbonyl (C=O) groups is 1. The van der Waals surface area contributed by atoms with Crippen LogP contribution in [0.5, 0.6) is 0 Å². The minimum absolute atomic E-state index is 0.213. The second-order valence-electron chi connectivity index (χ2n) is 4.29. The summed E-state index contributed by atoms with van der Waals surface area (Å²) in [6, 6.07) is 2.39. The lowest BCUT2D eigenvalue weighted by atomic mass is 10.2. The highest BCUT2D eigenvalue weighted by Crippen LogP contribution is 2.24. The van der Waals surface area contributed by atoms with Crippen LogP contribution < -0.4 is 5.32 Å². The number of amides is 1. The van der Waals surface area contributed by atoms with E-state index in [9.17, 15) is 4.79 Å². The van der Waals surface area contributed by atoms with E-state index in [1.807, 2.05) is 30.3 Å². The van der Waals surface area contributed by atoms with E-state index in [2.05, 4.69) is 5.32 Å². The first-order chi connectivity index (χ1) is 7.74. The van der Waals surface area contributed by atoms with E-state index in [0.717, 1.165) is 36.4 Å². The lowest BCUT2D eigenvalue weighted by Gasteiger charge is -2.24. The largest absolute Gasteiger partial charge is 0.334 e. The molecule has 1 atom stereocenters. The van der Waals surface area contributed by atoms with Crippen molar-refractivity contribution >= 4 is 17.2 Å². The van der Waals surface area contributed by atoms with Gasteiger partial charge in [0.15, 0.2) is 0 Å². The van der Waals surface area contributed by atoms with Crippen molar-refractivity contribution in [2.45, 2.75) is 25.8 Å². The molecule has 0 radical (unpaired) electrons. The summed E-state index contributed by atoms with van der Waals surface area (Å²) in [5.74, 6) is 0.213. The maximum absolute atomic E-state index is 12.3. The topological polar surface area (TPSA) is 32.3 Å². The van der Waals surface area contributed by atoms with Gasteiger partial charge in [0.1, 0.15) is 0 Å². The average Bonchev–Trinajstić information content (AvgIpc) is 2.87. The number of carbonyl (C=O) groups excluding carboxylic acids is 1. The summed E-state index contributed by atoms with van der Waals surface area (Å²) in [5, 5.41) is 5.16. The van der Waals surface area contributed by atoms with E-state index in [1.54, 1.807) is 11.3 Å². The monoisotopic (exact) mass is 238 g/mol. The van der Waals surface area contributed by atoms with E-state index in [0.29, 0.717) is 6.04 Å². The molecule has 2 rings (SSSR count). The molecule has 1 aliphatic heterocycles. The normalized spacial score (nSPS) is 20.4. The van der Waals surface area contributed by atoms with Crippen LogP contribution in [-0.2, 0) is 0 Å². The fraction of sp³-hybridized carbons (Fsp3) is 0.583. The second kappa shape index (κ2) is 4.97. The van der Waals surface area contributed by atoms with Crippen molar-refractivity contribution in [2.24, 2.45) is 0 Å². The summed E-state index contributed by atoms with van der Waals surface area (Å²) in [5.41, 5.74) is 1.10. The number of nitrogens with one attached hydrogen (secondary N) is 1. The smallest absolute Gasteiger partial charge is 0.264 e. The van der Waals surface area contributed by atoms with Gasteiger partial charge >= 0.3 is 0 Å². The summed E-state index contributed by atoms with van der Waals surface area (Å²) >= 11 is 1.55. The van der Waals surface area contributed by atoms with Crippen molar-refractivity contribution in [1.29, 1.82) is 0 Å². The molecule has 0 spiro atoms. The lowest BCUT2D eigenvalue weighted by Crippen LogP contribution is -2.40. The molecule has 0 saturated carbocycles. The highest BCUT2D eigenvalue weighted by molar-refractivity contribution is 7.12. The Hall–Kier alpha value is -0.870. The third-order valence-corrected chi connectivity index (χ3v) is 4.14. The second-order valence-corrected chi connectivity index (χ2v) is 5.20. The number of likely N-dealkylation sites (N-methyl/N-ethyl adjacent to an activating group) is 1. The summed E-state index contributed by atoms with van der Waals surface area (Å²) in [4.78, 5) is 15.3. The van der Waals surface area contributed by atoms with E-state index in [4.69, 9.17) is 0 Å². The first kappa shape index (κ1) is 11.6. The van der Waals surface area contributed by atoms with Crippen LogP contribution in [-0.4, -0.2) is 37.0 Å². The Balaban J connectivity index is 2.12. The van der Waals surface area contributed by atoms with Gasteiger partial charge in [-0.05, 0) is 43.8 Å². The Morgan fingerprint density at radius 1 is 1.69 bits per heavy atom. The van der Waals surface area contributed by atoms with Crippen molar-refractivity contribution in [3.05, 3.63) is 21.9 Å². The highest BCUT2D eigenvalue weighted by Gasteiger charge is 2.29. The molecular weight excluding hydrogens is 220 g/mol. The summed E-state index contributed by atoms with van der Waals surface area (Å²) in [6.45, 7) is 3.81. The van der Waals surface area contributed by atoms with Gasteiger partial charge in [-0.1, -0.05) is 0 Å². The lowest BCUT2D eigenvalue weighted by molar-refractivity contribution is 0.0741. The highest BCUT2D eigenvalue weighted by atomic mass is 32.1. The van der Waals surface area contributed by atoms with Gasteiger partial charge in [-0.15, -0.1) is 11.3 Å². The fourth-order valence-electron chi connectivity index (χ4n) is 2.27. The minimum Gasteiger partial charge on any atom is -0.334 e. The number of rotatable bonds is 3. The maximum Gasteiger partial charge on any atom is 0.264 e. The van der Waals surface area contributed by atoms with Gasteiger partial charge in [0.05, 0.1) is 4.88 Å². The van der Waals surface area contributed by atoms with Crippen molar-refractivity contribution in [1.82, 2.24) is 10.2 Å². The molecule has 0 aromatic carbocycles. The average molecular weight is 238 g/mol. The Morgan fingerprint density at radius 2 is 2.50 bits per heavy atom. The van der Waals surface area contributed by atoms with Crippen molar-refractivity contribution in [3.8, 4) is 0 Å². The van der Waals surface area contributed by atoms with Crippen LogP contribution >= 0.6 is 11.3 Å². The van der Waals surface area contributed by atoms with Crippen molar-refractivity contribution in [3.63, 3.8) is 0 Å². The molecule has 16 heavy (non-hydrogen) atoms. The van der Waals surface area contributed by atoms with E-state index in [1.165, 1.54) is 0 Å². The fourth-order valence-corrected chi connectivity index (χ4v) is 3.15. The van der Waals surface area contributed by atoms with Gasteiger partial charge in [0.25, 0.3) is 5.91 Å². The Kier molecular flexibility index (Phi) is 3.61. The molecule has 4 heteroatoms. The van der Waals surface area contributed by atoms with Crippen LogP contribution in [0.2, 0.25) is 0 Å². The van der Waals surface area contributed by atoms with Crippen LogP contribution in [0.4, 0.5) is 0 Å². The zero-order chi connectivity index (χ0) is 11.5. The van der Waals surface area contributed by atoms with Crippen LogP contribution in [0.15, 0.2) is 11.4 Å². The zero-order valence-corrected chi connectivity index (χ0v) is 10.6. The molecule has 1 unspecified atom stereocenters. The molecule has 88 valence electrons. The van der Waals surface area contributed by atoms with Crippen LogP contribution in [0.1, 0.15) is 28.1 Å². The Bertz CT molecular complexity index is 375. The molecule has 0 bridgehead atoms. The SMILES string of the molecule is CNCC1CCCN1C(=O)c1sccc1C. The third kappa shape index (κ3) is 2.13. The van der Waals surface area contributed by atoms with Crippen LogP contribution in [0.25, 0.3) is 0 Å². The molecule has 1 amide bonds. The van der Waals surface area contributed by atoms with E-state index < -0.39 is 0 Å². The predicted octanol–water partition coefficient (Wildman–Crippen LogP) is 1.88. The molecule has 1 fully saturated rings. The van der Waals surface area contributed by atoms with E-state index >= 15 is 0 Å². The van der Waals surface area contributed by atoms with Crippen LogP contribution in [0.3, 0.4) is 0 Å². The number of nitrogens with zero attached hydrogens (tertiary/aromatic N) is 1. The molecule has 3 nitrogen and oxygen atoms in total. The van der Waals surface area contributed by atoms with Crippen LogP contribution in [0, 0.1) is 6.92 Å². The Morgan fingerprint density at radius 3 is 3.12 bits per heavy atom.